The highest BCUT2D eigenvalue weighted by atomic mass is 16.5. The Hall–Kier alpha value is -1.06. The molecule has 0 aliphatic rings. The Morgan fingerprint density at radius 3 is 2.39 bits per heavy atom. The number of benzene rings is 1. The van der Waals surface area contributed by atoms with Crippen molar-refractivity contribution in [2.45, 2.75) is 46.3 Å². The second kappa shape index (κ2) is 5.72. The van der Waals surface area contributed by atoms with Crippen LogP contribution in [-0.2, 0) is 0 Å². The molecule has 18 heavy (non-hydrogen) atoms. The van der Waals surface area contributed by atoms with Crippen LogP contribution in [0, 0.1) is 13.8 Å². The molecular weight excluding hydrogens is 226 g/mol. The van der Waals surface area contributed by atoms with Gasteiger partial charge in [0, 0.05) is 17.6 Å². The summed E-state index contributed by atoms with van der Waals surface area (Å²) in [6.45, 7) is 10.8. The van der Waals surface area contributed by atoms with Crippen LogP contribution in [0.1, 0.15) is 43.6 Å². The minimum absolute atomic E-state index is 0.00686. The lowest BCUT2D eigenvalue weighted by atomic mass is 10.00. The van der Waals surface area contributed by atoms with Crippen LogP contribution in [0.4, 0.5) is 0 Å². The van der Waals surface area contributed by atoms with Crippen molar-refractivity contribution < 1.29 is 9.84 Å². The largest absolute Gasteiger partial charge is 0.496 e. The molecule has 0 amide bonds. The Labute approximate surface area is 110 Å². The van der Waals surface area contributed by atoms with Gasteiger partial charge in [-0.05, 0) is 46.2 Å². The maximum atomic E-state index is 10.3. The lowest BCUT2D eigenvalue weighted by Crippen LogP contribution is -2.38. The van der Waals surface area contributed by atoms with Crippen LogP contribution in [-0.4, -0.2) is 24.3 Å². The third kappa shape index (κ3) is 4.00. The topological polar surface area (TPSA) is 41.5 Å². The summed E-state index contributed by atoms with van der Waals surface area (Å²) >= 11 is 0. The molecule has 0 saturated heterocycles. The molecule has 0 bridgehead atoms. The zero-order chi connectivity index (χ0) is 13.9. The van der Waals surface area contributed by atoms with Crippen molar-refractivity contribution in [2.75, 3.05) is 13.7 Å². The van der Waals surface area contributed by atoms with Crippen molar-refractivity contribution in [1.29, 1.82) is 0 Å². The molecule has 0 spiro atoms. The van der Waals surface area contributed by atoms with E-state index in [0.717, 1.165) is 22.4 Å². The van der Waals surface area contributed by atoms with Crippen molar-refractivity contribution in [3.05, 3.63) is 28.8 Å². The van der Waals surface area contributed by atoms with Crippen LogP contribution in [0.15, 0.2) is 12.1 Å². The van der Waals surface area contributed by atoms with E-state index in [2.05, 4.69) is 32.2 Å². The fourth-order valence-corrected chi connectivity index (χ4v) is 2.03. The summed E-state index contributed by atoms with van der Waals surface area (Å²) < 4.78 is 5.40. The van der Waals surface area contributed by atoms with Crippen LogP contribution in [0.2, 0.25) is 0 Å². The number of rotatable bonds is 4. The maximum absolute atomic E-state index is 10.3. The lowest BCUT2D eigenvalue weighted by Gasteiger charge is -2.24. The zero-order valence-electron chi connectivity index (χ0n) is 12.3. The number of methoxy groups -OCH3 is 1. The summed E-state index contributed by atoms with van der Waals surface area (Å²) in [5.41, 5.74) is 3.04. The van der Waals surface area contributed by atoms with Gasteiger partial charge in [-0.2, -0.15) is 0 Å². The van der Waals surface area contributed by atoms with Gasteiger partial charge in [0.2, 0.25) is 0 Å². The van der Waals surface area contributed by atoms with Gasteiger partial charge in [-0.1, -0.05) is 11.6 Å². The van der Waals surface area contributed by atoms with E-state index in [9.17, 15) is 5.11 Å². The van der Waals surface area contributed by atoms with E-state index < -0.39 is 6.10 Å². The first-order chi connectivity index (χ1) is 8.24. The normalized spacial score (nSPS) is 13.5. The summed E-state index contributed by atoms with van der Waals surface area (Å²) in [6.07, 6.45) is -0.558. The highest BCUT2D eigenvalue weighted by molar-refractivity contribution is 5.45. The monoisotopic (exact) mass is 251 g/mol. The van der Waals surface area contributed by atoms with Crippen LogP contribution in [0.3, 0.4) is 0 Å². The number of nitrogens with one attached hydrogen (secondary N) is 1. The SMILES string of the molecule is COc1c(C)cc(C)cc1C(O)CNC(C)(C)C. The number of aliphatic hydroxyl groups excluding tert-OH is 1. The molecule has 1 unspecified atom stereocenters. The summed E-state index contributed by atoms with van der Waals surface area (Å²) in [7, 11) is 1.64. The van der Waals surface area contributed by atoms with Crippen LogP contribution in [0.5, 0.6) is 5.75 Å². The predicted octanol–water partition coefficient (Wildman–Crippen LogP) is 2.73. The maximum Gasteiger partial charge on any atom is 0.127 e. The highest BCUT2D eigenvalue weighted by Crippen LogP contribution is 2.30. The van der Waals surface area contributed by atoms with Crippen molar-refractivity contribution in [1.82, 2.24) is 5.32 Å². The van der Waals surface area contributed by atoms with E-state index in [0.29, 0.717) is 6.54 Å². The van der Waals surface area contributed by atoms with Gasteiger partial charge in [0.1, 0.15) is 5.75 Å². The molecule has 0 radical (unpaired) electrons. The van der Waals surface area contributed by atoms with E-state index in [1.807, 2.05) is 19.9 Å². The van der Waals surface area contributed by atoms with Gasteiger partial charge in [-0.15, -0.1) is 0 Å². The van der Waals surface area contributed by atoms with Gasteiger partial charge in [-0.25, -0.2) is 0 Å². The number of aliphatic hydroxyl groups is 1. The van der Waals surface area contributed by atoms with E-state index in [1.54, 1.807) is 7.11 Å². The third-order valence-corrected chi connectivity index (χ3v) is 2.84. The van der Waals surface area contributed by atoms with Crippen molar-refractivity contribution >= 4 is 0 Å². The minimum Gasteiger partial charge on any atom is -0.496 e. The fourth-order valence-electron chi connectivity index (χ4n) is 2.03. The van der Waals surface area contributed by atoms with Crippen LogP contribution in [0.25, 0.3) is 0 Å². The lowest BCUT2D eigenvalue weighted by molar-refractivity contribution is 0.159. The molecule has 2 N–H and O–H groups in total. The molecule has 1 aromatic rings. The molecular formula is C15H25NO2. The average Bonchev–Trinajstić information content (AvgIpc) is 2.24. The molecule has 0 aliphatic heterocycles. The quantitative estimate of drug-likeness (QED) is 0.864. The molecule has 3 heteroatoms. The average molecular weight is 251 g/mol. The van der Waals surface area contributed by atoms with Crippen molar-refractivity contribution in [3.63, 3.8) is 0 Å². The Morgan fingerprint density at radius 2 is 1.89 bits per heavy atom. The van der Waals surface area contributed by atoms with Gasteiger partial charge in [0.05, 0.1) is 13.2 Å². The molecule has 1 rings (SSSR count). The van der Waals surface area contributed by atoms with E-state index in [-0.39, 0.29) is 5.54 Å². The zero-order valence-corrected chi connectivity index (χ0v) is 12.3. The van der Waals surface area contributed by atoms with E-state index >= 15 is 0 Å². The van der Waals surface area contributed by atoms with Gasteiger partial charge in [-0.3, -0.25) is 0 Å². The molecule has 3 nitrogen and oxygen atoms in total. The summed E-state index contributed by atoms with van der Waals surface area (Å²) in [5.74, 6) is 0.781. The number of ether oxygens (including phenoxy) is 1. The highest BCUT2D eigenvalue weighted by Gasteiger charge is 2.18. The minimum atomic E-state index is -0.558. The Morgan fingerprint density at radius 1 is 1.28 bits per heavy atom. The Bertz CT molecular complexity index is 408. The first-order valence-electron chi connectivity index (χ1n) is 6.33. The van der Waals surface area contributed by atoms with Gasteiger partial charge < -0.3 is 15.2 Å². The van der Waals surface area contributed by atoms with Crippen molar-refractivity contribution in [3.8, 4) is 5.75 Å². The Balaban J connectivity index is 2.94. The number of aryl methyl sites for hydroxylation is 2. The molecule has 0 heterocycles. The molecule has 0 saturated carbocycles. The first-order valence-corrected chi connectivity index (χ1v) is 6.33. The molecule has 0 aromatic heterocycles. The smallest absolute Gasteiger partial charge is 0.127 e. The number of hydrogen-bond acceptors (Lipinski definition) is 3. The van der Waals surface area contributed by atoms with Crippen molar-refractivity contribution in [2.24, 2.45) is 0 Å². The number of hydrogen-bond donors (Lipinski definition) is 2. The molecule has 0 fully saturated rings. The summed E-state index contributed by atoms with van der Waals surface area (Å²) in [4.78, 5) is 0. The second-order valence-electron chi connectivity index (χ2n) is 5.85. The van der Waals surface area contributed by atoms with E-state index in [1.165, 1.54) is 0 Å². The molecule has 102 valence electrons. The molecule has 0 aliphatic carbocycles. The van der Waals surface area contributed by atoms with Gasteiger partial charge >= 0.3 is 0 Å². The number of β-amino-alcohol motifs (C(OH)–C–C–N with tert-alkyl or cyclic N) is 1. The Kier molecular flexibility index (Phi) is 4.77. The molecule has 1 aromatic carbocycles. The standard InChI is InChI=1S/C15H25NO2/c1-10-7-11(2)14(18-6)12(8-10)13(17)9-16-15(3,4)5/h7-8,13,16-17H,9H2,1-6H3. The van der Waals surface area contributed by atoms with Crippen LogP contribution < -0.4 is 10.1 Å². The third-order valence-electron chi connectivity index (χ3n) is 2.84. The summed E-state index contributed by atoms with van der Waals surface area (Å²) in [6, 6.07) is 4.05. The fraction of sp³-hybridized carbons (Fsp3) is 0.600. The second-order valence-corrected chi connectivity index (χ2v) is 5.85. The molecule has 1 atom stereocenters. The van der Waals surface area contributed by atoms with Gasteiger partial charge in [0.15, 0.2) is 0 Å². The summed E-state index contributed by atoms with van der Waals surface area (Å²) in [5, 5.41) is 13.6. The van der Waals surface area contributed by atoms with E-state index in [4.69, 9.17) is 4.74 Å². The van der Waals surface area contributed by atoms with Crippen LogP contribution >= 0.6 is 0 Å². The predicted molar refractivity (Wildman–Crippen MR) is 75.2 cm³/mol. The first kappa shape index (κ1) is 15.0. The van der Waals surface area contributed by atoms with Gasteiger partial charge in [0.25, 0.3) is 0 Å².